The average molecular weight is 310 g/mol. The molecular weight excluding hydrogens is 292 g/mol. The van der Waals surface area contributed by atoms with Gasteiger partial charge in [-0.25, -0.2) is 0 Å². The van der Waals surface area contributed by atoms with Crippen LogP contribution in [0.2, 0.25) is 0 Å². The summed E-state index contributed by atoms with van der Waals surface area (Å²) < 4.78 is 10.5. The number of benzene rings is 1. The van der Waals surface area contributed by atoms with E-state index in [1.807, 2.05) is 43.6 Å². The summed E-state index contributed by atoms with van der Waals surface area (Å²) in [6.07, 6.45) is 3.65. The molecule has 118 valence electrons. The largest absolute Gasteiger partial charge is 0.485 e. The van der Waals surface area contributed by atoms with Crippen LogP contribution in [-0.4, -0.2) is 15.1 Å². The van der Waals surface area contributed by atoms with E-state index < -0.39 is 0 Å². The van der Waals surface area contributed by atoms with Crippen LogP contribution in [0.25, 0.3) is 0 Å². The Morgan fingerprint density at radius 3 is 2.65 bits per heavy atom. The minimum atomic E-state index is 0.296. The topological polar surface area (TPSA) is 73.1 Å². The maximum Gasteiger partial charge on any atom is 0.223 e. The maximum atomic E-state index is 5.62. The minimum absolute atomic E-state index is 0.296. The number of nitrogens with one attached hydrogen (secondary N) is 1. The van der Waals surface area contributed by atoms with Gasteiger partial charge in [0, 0.05) is 25.9 Å². The SMILES string of the molecule is Cc1cncc(NCc2ccc(OCc3noc(C)n3)cc2)c1. The van der Waals surface area contributed by atoms with Crippen molar-refractivity contribution in [2.24, 2.45) is 0 Å². The van der Waals surface area contributed by atoms with E-state index >= 15 is 0 Å². The zero-order valence-electron chi connectivity index (χ0n) is 13.1. The molecule has 6 nitrogen and oxygen atoms in total. The van der Waals surface area contributed by atoms with Crippen LogP contribution in [-0.2, 0) is 13.2 Å². The van der Waals surface area contributed by atoms with Gasteiger partial charge < -0.3 is 14.6 Å². The van der Waals surface area contributed by atoms with Crippen molar-refractivity contribution in [3.63, 3.8) is 0 Å². The summed E-state index contributed by atoms with van der Waals surface area (Å²) in [7, 11) is 0. The summed E-state index contributed by atoms with van der Waals surface area (Å²) in [4.78, 5) is 8.26. The Bertz CT molecular complexity index is 768. The molecule has 23 heavy (non-hydrogen) atoms. The van der Waals surface area contributed by atoms with E-state index in [-0.39, 0.29) is 0 Å². The first-order valence-corrected chi connectivity index (χ1v) is 7.35. The molecule has 1 aromatic carbocycles. The number of hydrogen-bond donors (Lipinski definition) is 1. The molecule has 0 bridgehead atoms. The fraction of sp³-hybridized carbons (Fsp3) is 0.235. The highest BCUT2D eigenvalue weighted by Crippen LogP contribution is 2.15. The summed E-state index contributed by atoms with van der Waals surface area (Å²) in [6.45, 7) is 4.80. The number of nitrogens with zero attached hydrogens (tertiary/aromatic N) is 3. The van der Waals surface area contributed by atoms with Crippen molar-refractivity contribution in [3.05, 3.63) is 65.6 Å². The molecule has 0 unspecified atom stereocenters. The predicted octanol–water partition coefficient (Wildman–Crippen LogP) is 3.27. The zero-order chi connectivity index (χ0) is 16.1. The van der Waals surface area contributed by atoms with Gasteiger partial charge >= 0.3 is 0 Å². The van der Waals surface area contributed by atoms with Crippen molar-refractivity contribution >= 4 is 5.69 Å². The van der Waals surface area contributed by atoms with Gasteiger partial charge in [-0.3, -0.25) is 4.98 Å². The summed E-state index contributed by atoms with van der Waals surface area (Å²) in [5.74, 6) is 1.85. The van der Waals surface area contributed by atoms with E-state index in [0.717, 1.165) is 29.1 Å². The van der Waals surface area contributed by atoms with Crippen molar-refractivity contribution in [1.82, 2.24) is 15.1 Å². The second-order valence-electron chi connectivity index (χ2n) is 5.27. The number of anilines is 1. The molecule has 1 N–H and O–H groups in total. The van der Waals surface area contributed by atoms with Gasteiger partial charge in [0.25, 0.3) is 0 Å². The monoisotopic (exact) mass is 310 g/mol. The van der Waals surface area contributed by atoms with Crippen LogP contribution in [0.1, 0.15) is 22.8 Å². The predicted molar refractivity (Wildman–Crippen MR) is 86.1 cm³/mol. The Kier molecular flexibility index (Phi) is 4.52. The van der Waals surface area contributed by atoms with Crippen molar-refractivity contribution in [1.29, 1.82) is 0 Å². The molecular formula is C17H18N4O2. The second kappa shape index (κ2) is 6.91. The Balaban J connectivity index is 1.52. The Morgan fingerprint density at radius 1 is 1.13 bits per heavy atom. The number of pyridine rings is 1. The van der Waals surface area contributed by atoms with Gasteiger partial charge in [-0.2, -0.15) is 4.98 Å². The lowest BCUT2D eigenvalue weighted by atomic mass is 10.2. The molecule has 3 aromatic rings. The minimum Gasteiger partial charge on any atom is -0.485 e. The van der Waals surface area contributed by atoms with E-state index in [1.165, 1.54) is 0 Å². The highest BCUT2D eigenvalue weighted by atomic mass is 16.5. The van der Waals surface area contributed by atoms with Crippen molar-refractivity contribution in [2.75, 3.05) is 5.32 Å². The molecule has 0 amide bonds. The molecule has 0 aliphatic rings. The van der Waals surface area contributed by atoms with Gasteiger partial charge in [-0.1, -0.05) is 17.3 Å². The van der Waals surface area contributed by atoms with E-state index in [4.69, 9.17) is 9.26 Å². The molecule has 0 atom stereocenters. The van der Waals surface area contributed by atoms with Crippen LogP contribution in [0, 0.1) is 13.8 Å². The summed E-state index contributed by atoms with van der Waals surface area (Å²) >= 11 is 0. The fourth-order valence-electron chi connectivity index (χ4n) is 2.11. The Labute approximate surface area is 134 Å². The van der Waals surface area contributed by atoms with Gasteiger partial charge in [-0.15, -0.1) is 0 Å². The Hall–Kier alpha value is -2.89. The summed E-state index contributed by atoms with van der Waals surface area (Å²) in [5, 5.41) is 7.14. The standard InChI is InChI=1S/C17H18N4O2/c1-12-7-15(10-18-8-12)19-9-14-3-5-16(6-4-14)22-11-17-20-13(2)23-21-17/h3-8,10,19H,9,11H2,1-2H3. The van der Waals surface area contributed by atoms with Crippen molar-refractivity contribution in [3.8, 4) is 5.75 Å². The molecule has 0 fully saturated rings. The first-order chi connectivity index (χ1) is 11.2. The number of aryl methyl sites for hydroxylation is 2. The third-order valence-electron chi connectivity index (χ3n) is 3.23. The van der Waals surface area contributed by atoms with Crippen LogP contribution >= 0.6 is 0 Å². The molecule has 0 aliphatic carbocycles. The molecule has 0 spiro atoms. The number of ether oxygens (including phenoxy) is 1. The molecule has 0 saturated heterocycles. The van der Waals surface area contributed by atoms with Gasteiger partial charge in [0.15, 0.2) is 6.61 Å². The van der Waals surface area contributed by atoms with Crippen molar-refractivity contribution in [2.45, 2.75) is 27.0 Å². The van der Waals surface area contributed by atoms with Crippen molar-refractivity contribution < 1.29 is 9.26 Å². The normalized spacial score (nSPS) is 10.5. The van der Waals surface area contributed by atoms with Gasteiger partial charge in [0.2, 0.25) is 11.7 Å². The summed E-state index contributed by atoms with van der Waals surface area (Å²) in [5.41, 5.74) is 3.31. The zero-order valence-corrected chi connectivity index (χ0v) is 13.1. The van der Waals surface area contributed by atoms with E-state index in [9.17, 15) is 0 Å². The molecule has 0 saturated carbocycles. The third-order valence-corrected chi connectivity index (χ3v) is 3.23. The lowest BCUT2D eigenvalue weighted by Gasteiger charge is -2.08. The first-order valence-electron chi connectivity index (χ1n) is 7.35. The molecule has 0 aliphatic heterocycles. The number of hydrogen-bond acceptors (Lipinski definition) is 6. The van der Waals surface area contributed by atoms with E-state index in [1.54, 1.807) is 6.92 Å². The van der Waals surface area contributed by atoms with E-state index in [2.05, 4.69) is 26.5 Å². The summed E-state index contributed by atoms with van der Waals surface area (Å²) in [6, 6.07) is 9.97. The molecule has 0 radical (unpaired) electrons. The van der Waals surface area contributed by atoms with Crippen LogP contribution in [0.5, 0.6) is 5.75 Å². The smallest absolute Gasteiger partial charge is 0.223 e. The lowest BCUT2D eigenvalue weighted by Crippen LogP contribution is -2.01. The van der Waals surface area contributed by atoms with Crippen LogP contribution in [0.3, 0.4) is 0 Å². The number of rotatable bonds is 6. The maximum absolute atomic E-state index is 5.62. The fourth-order valence-corrected chi connectivity index (χ4v) is 2.11. The molecule has 2 aromatic heterocycles. The number of aromatic nitrogens is 3. The van der Waals surface area contributed by atoms with Gasteiger partial charge in [-0.05, 0) is 36.2 Å². The van der Waals surface area contributed by atoms with Gasteiger partial charge in [0.05, 0.1) is 5.69 Å². The Morgan fingerprint density at radius 2 is 1.96 bits per heavy atom. The first kappa shape index (κ1) is 15.0. The molecule has 6 heteroatoms. The average Bonchev–Trinajstić information content (AvgIpc) is 2.98. The van der Waals surface area contributed by atoms with Gasteiger partial charge in [0.1, 0.15) is 5.75 Å². The molecule has 3 rings (SSSR count). The second-order valence-corrected chi connectivity index (χ2v) is 5.27. The van der Waals surface area contributed by atoms with Crippen LogP contribution in [0.15, 0.2) is 47.2 Å². The van der Waals surface area contributed by atoms with Crippen LogP contribution in [0.4, 0.5) is 5.69 Å². The van der Waals surface area contributed by atoms with Crippen LogP contribution < -0.4 is 10.1 Å². The van der Waals surface area contributed by atoms with E-state index in [0.29, 0.717) is 18.3 Å². The highest BCUT2D eigenvalue weighted by molar-refractivity contribution is 5.43. The highest BCUT2D eigenvalue weighted by Gasteiger charge is 2.03. The quantitative estimate of drug-likeness (QED) is 0.753. The lowest BCUT2D eigenvalue weighted by molar-refractivity contribution is 0.285. The third kappa shape index (κ3) is 4.29. The molecule has 2 heterocycles.